The zero-order valence-electron chi connectivity index (χ0n) is 12.2. The molecule has 0 fully saturated rings. The van der Waals surface area contributed by atoms with Crippen molar-refractivity contribution in [2.45, 2.75) is 32.4 Å². The van der Waals surface area contributed by atoms with Crippen molar-refractivity contribution < 1.29 is 14.3 Å². The van der Waals surface area contributed by atoms with E-state index in [9.17, 15) is 4.79 Å². The number of aromatic nitrogens is 1. The van der Waals surface area contributed by atoms with Crippen LogP contribution in [0.25, 0.3) is 0 Å². The van der Waals surface area contributed by atoms with Crippen molar-refractivity contribution in [1.82, 2.24) is 9.88 Å². The number of likely N-dealkylation sites (N-methyl/N-ethyl adjacent to an activating group) is 1. The average Bonchev–Trinajstić information content (AvgIpc) is 2.38. The Bertz CT molecular complexity index is 406. The quantitative estimate of drug-likeness (QED) is 0.787. The van der Waals surface area contributed by atoms with E-state index in [1.807, 2.05) is 13.8 Å². The predicted molar refractivity (Wildman–Crippen MR) is 73.1 cm³/mol. The minimum atomic E-state index is -0.565. The fourth-order valence-corrected chi connectivity index (χ4v) is 1.69. The summed E-state index contributed by atoms with van der Waals surface area (Å²) in [6.45, 7) is 6.10. The first kappa shape index (κ1) is 15.4. The Balaban J connectivity index is 2.66. The molecule has 0 spiro atoms. The zero-order chi connectivity index (χ0) is 14.5. The molecule has 0 radical (unpaired) electrons. The molecule has 5 nitrogen and oxygen atoms in total. The molecule has 0 N–H and O–H groups in total. The van der Waals surface area contributed by atoms with E-state index in [2.05, 4.69) is 4.98 Å². The van der Waals surface area contributed by atoms with Gasteiger partial charge in [-0.15, -0.1) is 0 Å². The molecule has 0 saturated carbocycles. The minimum Gasteiger partial charge on any atom is -0.479 e. The van der Waals surface area contributed by atoms with Crippen molar-refractivity contribution in [2.75, 3.05) is 20.8 Å². The molecule has 1 unspecified atom stereocenters. The average molecular weight is 266 g/mol. The van der Waals surface area contributed by atoms with Crippen LogP contribution in [0, 0.1) is 0 Å². The number of carbonyl (C=O) groups is 1. The van der Waals surface area contributed by atoms with Gasteiger partial charge in [-0.1, -0.05) is 0 Å². The molecule has 0 bridgehead atoms. The van der Waals surface area contributed by atoms with E-state index in [0.717, 1.165) is 0 Å². The normalized spacial score (nSPS) is 12.9. The van der Waals surface area contributed by atoms with Gasteiger partial charge in [0, 0.05) is 20.4 Å². The lowest BCUT2D eigenvalue weighted by atomic mass is 10.0. The van der Waals surface area contributed by atoms with Gasteiger partial charge < -0.3 is 14.4 Å². The standard InChI is InChI=1S/C14H22N2O3/c1-11(19-12-7-6-8-15-9-12)13(17)16(4)14(2,3)10-18-5/h6-9,11H,10H2,1-5H3. The van der Waals surface area contributed by atoms with Crippen molar-refractivity contribution in [3.05, 3.63) is 24.5 Å². The number of hydrogen-bond acceptors (Lipinski definition) is 4. The van der Waals surface area contributed by atoms with E-state index in [0.29, 0.717) is 12.4 Å². The monoisotopic (exact) mass is 266 g/mol. The van der Waals surface area contributed by atoms with Gasteiger partial charge in [-0.3, -0.25) is 9.78 Å². The third kappa shape index (κ3) is 4.21. The van der Waals surface area contributed by atoms with Gasteiger partial charge in [0.05, 0.1) is 18.3 Å². The van der Waals surface area contributed by atoms with Crippen LogP contribution in [0.5, 0.6) is 5.75 Å². The maximum atomic E-state index is 12.3. The highest BCUT2D eigenvalue weighted by atomic mass is 16.5. The van der Waals surface area contributed by atoms with Crippen molar-refractivity contribution in [3.8, 4) is 5.75 Å². The number of rotatable bonds is 6. The Kier molecular flexibility index (Phi) is 5.30. The second-order valence-corrected chi connectivity index (χ2v) is 5.09. The lowest BCUT2D eigenvalue weighted by Gasteiger charge is -2.36. The van der Waals surface area contributed by atoms with E-state index in [4.69, 9.17) is 9.47 Å². The molecular formula is C14H22N2O3. The van der Waals surface area contributed by atoms with Crippen LogP contribution >= 0.6 is 0 Å². The molecule has 0 saturated heterocycles. The number of carbonyl (C=O) groups excluding carboxylic acids is 1. The highest BCUT2D eigenvalue weighted by molar-refractivity contribution is 5.81. The first-order valence-electron chi connectivity index (χ1n) is 6.22. The van der Waals surface area contributed by atoms with Crippen LogP contribution in [0.1, 0.15) is 20.8 Å². The third-order valence-corrected chi connectivity index (χ3v) is 3.03. The summed E-state index contributed by atoms with van der Waals surface area (Å²) in [5.41, 5.74) is -0.377. The smallest absolute Gasteiger partial charge is 0.263 e. The molecule has 0 aliphatic carbocycles. The molecule has 0 aliphatic heterocycles. The zero-order valence-corrected chi connectivity index (χ0v) is 12.2. The molecule has 19 heavy (non-hydrogen) atoms. The fourth-order valence-electron chi connectivity index (χ4n) is 1.69. The molecule has 0 aromatic carbocycles. The number of amides is 1. The van der Waals surface area contributed by atoms with Gasteiger partial charge in [0.15, 0.2) is 6.10 Å². The van der Waals surface area contributed by atoms with Gasteiger partial charge in [-0.05, 0) is 32.9 Å². The molecule has 0 aliphatic rings. The number of ether oxygens (including phenoxy) is 2. The van der Waals surface area contributed by atoms with Gasteiger partial charge in [0.2, 0.25) is 0 Å². The topological polar surface area (TPSA) is 51.7 Å². The lowest BCUT2D eigenvalue weighted by molar-refractivity contribution is -0.143. The summed E-state index contributed by atoms with van der Waals surface area (Å²) >= 11 is 0. The summed E-state index contributed by atoms with van der Waals surface area (Å²) in [7, 11) is 3.38. The van der Waals surface area contributed by atoms with Crippen molar-refractivity contribution >= 4 is 5.91 Å². The van der Waals surface area contributed by atoms with Crippen LogP contribution in [0.15, 0.2) is 24.5 Å². The SMILES string of the molecule is COCC(C)(C)N(C)C(=O)C(C)Oc1cccnc1. The number of methoxy groups -OCH3 is 1. The highest BCUT2D eigenvalue weighted by Crippen LogP contribution is 2.16. The van der Waals surface area contributed by atoms with E-state index in [1.54, 1.807) is 50.5 Å². The van der Waals surface area contributed by atoms with Gasteiger partial charge in [0.1, 0.15) is 5.75 Å². The van der Waals surface area contributed by atoms with Crippen LogP contribution in [0.4, 0.5) is 0 Å². The van der Waals surface area contributed by atoms with Gasteiger partial charge in [-0.25, -0.2) is 0 Å². The molecule has 1 aromatic rings. The largest absolute Gasteiger partial charge is 0.479 e. The molecule has 5 heteroatoms. The first-order valence-corrected chi connectivity index (χ1v) is 6.22. The fraction of sp³-hybridized carbons (Fsp3) is 0.571. The molecule has 1 amide bonds. The Hall–Kier alpha value is -1.62. The molecule has 1 atom stereocenters. The molecule has 106 valence electrons. The number of nitrogens with zero attached hydrogens (tertiary/aromatic N) is 2. The third-order valence-electron chi connectivity index (χ3n) is 3.03. The molecule has 1 rings (SSSR count). The van der Waals surface area contributed by atoms with E-state index in [-0.39, 0.29) is 11.4 Å². The van der Waals surface area contributed by atoms with Crippen LogP contribution in [0.2, 0.25) is 0 Å². The summed E-state index contributed by atoms with van der Waals surface area (Å²) in [4.78, 5) is 17.9. The molecule has 1 heterocycles. The Morgan fingerprint density at radius 3 is 2.74 bits per heavy atom. The van der Waals surface area contributed by atoms with Gasteiger partial charge in [0.25, 0.3) is 5.91 Å². The first-order chi connectivity index (χ1) is 8.88. The second kappa shape index (κ2) is 6.52. The van der Waals surface area contributed by atoms with E-state index < -0.39 is 6.10 Å². The maximum absolute atomic E-state index is 12.3. The summed E-state index contributed by atoms with van der Waals surface area (Å²) in [5, 5.41) is 0. The summed E-state index contributed by atoms with van der Waals surface area (Å²) in [5.74, 6) is 0.493. The Labute approximate surface area is 114 Å². The van der Waals surface area contributed by atoms with Crippen LogP contribution in [-0.4, -0.2) is 48.2 Å². The lowest BCUT2D eigenvalue weighted by Crippen LogP contribution is -2.52. The Morgan fingerprint density at radius 1 is 1.53 bits per heavy atom. The van der Waals surface area contributed by atoms with Crippen LogP contribution in [0.3, 0.4) is 0 Å². The number of pyridine rings is 1. The van der Waals surface area contributed by atoms with Crippen molar-refractivity contribution in [3.63, 3.8) is 0 Å². The van der Waals surface area contributed by atoms with E-state index in [1.165, 1.54) is 0 Å². The minimum absolute atomic E-state index is 0.0918. The molecular weight excluding hydrogens is 244 g/mol. The van der Waals surface area contributed by atoms with Crippen molar-refractivity contribution in [1.29, 1.82) is 0 Å². The predicted octanol–water partition coefficient (Wildman–Crippen LogP) is 1.73. The second-order valence-electron chi connectivity index (χ2n) is 5.09. The highest BCUT2D eigenvalue weighted by Gasteiger charge is 2.31. The van der Waals surface area contributed by atoms with Crippen LogP contribution in [-0.2, 0) is 9.53 Å². The van der Waals surface area contributed by atoms with Gasteiger partial charge >= 0.3 is 0 Å². The molecule has 1 aromatic heterocycles. The summed E-state index contributed by atoms with van der Waals surface area (Å²) in [6, 6.07) is 3.54. The summed E-state index contributed by atoms with van der Waals surface area (Å²) < 4.78 is 10.7. The summed E-state index contributed by atoms with van der Waals surface area (Å²) in [6.07, 6.45) is 2.68. The van der Waals surface area contributed by atoms with Gasteiger partial charge in [-0.2, -0.15) is 0 Å². The maximum Gasteiger partial charge on any atom is 0.263 e. The van der Waals surface area contributed by atoms with E-state index >= 15 is 0 Å². The number of hydrogen-bond donors (Lipinski definition) is 0. The van der Waals surface area contributed by atoms with Crippen molar-refractivity contribution in [2.24, 2.45) is 0 Å². The van der Waals surface area contributed by atoms with Crippen LogP contribution < -0.4 is 4.74 Å². The Morgan fingerprint density at radius 2 is 2.21 bits per heavy atom.